The summed E-state index contributed by atoms with van der Waals surface area (Å²) in [5.41, 5.74) is 9.15. The van der Waals surface area contributed by atoms with E-state index in [0.717, 1.165) is 16.7 Å². The van der Waals surface area contributed by atoms with E-state index in [1.807, 2.05) is 43.3 Å². The Labute approximate surface area is 122 Å². The maximum atomic E-state index is 5.93. The Morgan fingerprint density at radius 2 is 1.90 bits per heavy atom. The Morgan fingerprint density at radius 3 is 2.67 bits per heavy atom. The first kappa shape index (κ1) is 13.2. The Balaban J connectivity index is 2.07. The molecule has 106 valence electrons. The van der Waals surface area contributed by atoms with Crippen molar-refractivity contribution in [3.8, 4) is 28.6 Å². The molecule has 21 heavy (non-hydrogen) atoms. The van der Waals surface area contributed by atoms with E-state index in [4.69, 9.17) is 15.0 Å². The van der Waals surface area contributed by atoms with E-state index in [0.29, 0.717) is 23.2 Å². The van der Waals surface area contributed by atoms with E-state index in [1.165, 1.54) is 0 Å². The fourth-order valence-electron chi connectivity index (χ4n) is 2.13. The van der Waals surface area contributed by atoms with Crippen LogP contribution in [0.1, 0.15) is 5.56 Å². The summed E-state index contributed by atoms with van der Waals surface area (Å²) in [7, 11) is 1.61. The molecule has 0 aliphatic rings. The SMILES string of the molecule is COc1ccc(C)cc1-c1nc(-c2ccccc2N)no1. The first-order chi connectivity index (χ1) is 10.2. The number of hydrogen-bond donors (Lipinski definition) is 1. The van der Waals surface area contributed by atoms with E-state index in [2.05, 4.69) is 10.1 Å². The van der Waals surface area contributed by atoms with Crippen LogP contribution in [0, 0.1) is 6.92 Å². The first-order valence-electron chi connectivity index (χ1n) is 6.52. The van der Waals surface area contributed by atoms with Crippen LogP contribution in [-0.2, 0) is 0 Å². The highest BCUT2D eigenvalue weighted by atomic mass is 16.5. The van der Waals surface area contributed by atoms with Crippen LogP contribution >= 0.6 is 0 Å². The van der Waals surface area contributed by atoms with E-state index in [9.17, 15) is 0 Å². The number of para-hydroxylation sites is 1. The van der Waals surface area contributed by atoms with Gasteiger partial charge in [-0.15, -0.1) is 0 Å². The van der Waals surface area contributed by atoms with Gasteiger partial charge in [0.2, 0.25) is 5.82 Å². The van der Waals surface area contributed by atoms with E-state index < -0.39 is 0 Å². The van der Waals surface area contributed by atoms with Crippen molar-refractivity contribution in [3.63, 3.8) is 0 Å². The fourth-order valence-corrected chi connectivity index (χ4v) is 2.13. The molecule has 2 aromatic carbocycles. The highest BCUT2D eigenvalue weighted by molar-refractivity contribution is 5.73. The normalized spacial score (nSPS) is 10.6. The molecular weight excluding hydrogens is 266 g/mol. The lowest BCUT2D eigenvalue weighted by Gasteiger charge is -2.05. The van der Waals surface area contributed by atoms with Crippen molar-refractivity contribution in [3.05, 3.63) is 48.0 Å². The molecule has 0 aliphatic carbocycles. The second-order valence-corrected chi connectivity index (χ2v) is 4.71. The van der Waals surface area contributed by atoms with Gasteiger partial charge in [-0.2, -0.15) is 4.98 Å². The zero-order chi connectivity index (χ0) is 14.8. The smallest absolute Gasteiger partial charge is 0.262 e. The van der Waals surface area contributed by atoms with Gasteiger partial charge in [-0.25, -0.2) is 0 Å². The molecule has 3 rings (SSSR count). The van der Waals surface area contributed by atoms with Gasteiger partial charge in [0.05, 0.1) is 12.7 Å². The molecule has 0 atom stereocenters. The third kappa shape index (κ3) is 2.45. The molecule has 0 unspecified atom stereocenters. The summed E-state index contributed by atoms with van der Waals surface area (Å²) in [6.45, 7) is 2.00. The Morgan fingerprint density at radius 1 is 1.10 bits per heavy atom. The Hall–Kier alpha value is -2.82. The molecule has 0 saturated heterocycles. The fraction of sp³-hybridized carbons (Fsp3) is 0.125. The standard InChI is InChI=1S/C16H15N3O2/c1-10-7-8-14(20-2)12(9-10)16-18-15(19-21-16)11-5-3-4-6-13(11)17/h3-9H,17H2,1-2H3. The van der Waals surface area contributed by atoms with Gasteiger partial charge in [0.1, 0.15) is 5.75 Å². The van der Waals surface area contributed by atoms with Crippen LogP contribution in [0.5, 0.6) is 5.75 Å². The van der Waals surface area contributed by atoms with Gasteiger partial charge < -0.3 is 15.0 Å². The Bertz CT molecular complexity index is 781. The van der Waals surface area contributed by atoms with Crippen molar-refractivity contribution in [1.82, 2.24) is 10.1 Å². The van der Waals surface area contributed by atoms with Crippen molar-refractivity contribution >= 4 is 5.69 Å². The predicted molar refractivity (Wildman–Crippen MR) is 80.9 cm³/mol. The van der Waals surface area contributed by atoms with Crippen LogP contribution in [0.25, 0.3) is 22.8 Å². The molecule has 0 spiro atoms. The molecule has 0 bridgehead atoms. The lowest BCUT2D eigenvalue weighted by Crippen LogP contribution is -1.91. The van der Waals surface area contributed by atoms with E-state index in [1.54, 1.807) is 13.2 Å². The number of benzene rings is 2. The Kier molecular flexibility index (Phi) is 3.31. The summed E-state index contributed by atoms with van der Waals surface area (Å²) >= 11 is 0. The molecule has 5 nitrogen and oxygen atoms in total. The summed E-state index contributed by atoms with van der Waals surface area (Å²) < 4.78 is 10.7. The highest BCUT2D eigenvalue weighted by Crippen LogP contribution is 2.32. The molecule has 0 radical (unpaired) electrons. The minimum Gasteiger partial charge on any atom is -0.496 e. The molecule has 0 aliphatic heterocycles. The maximum absolute atomic E-state index is 5.93. The monoisotopic (exact) mass is 281 g/mol. The minimum atomic E-state index is 0.411. The van der Waals surface area contributed by atoms with Gasteiger partial charge in [0, 0.05) is 11.3 Å². The second kappa shape index (κ2) is 5.28. The number of methoxy groups -OCH3 is 1. The van der Waals surface area contributed by atoms with E-state index >= 15 is 0 Å². The van der Waals surface area contributed by atoms with Gasteiger partial charge in [-0.3, -0.25) is 0 Å². The van der Waals surface area contributed by atoms with Gasteiger partial charge in [-0.1, -0.05) is 28.9 Å². The molecule has 2 N–H and O–H groups in total. The summed E-state index contributed by atoms with van der Waals surface area (Å²) in [6, 6.07) is 13.2. The van der Waals surface area contributed by atoms with Crippen molar-refractivity contribution < 1.29 is 9.26 Å². The second-order valence-electron chi connectivity index (χ2n) is 4.71. The van der Waals surface area contributed by atoms with E-state index in [-0.39, 0.29) is 0 Å². The number of nitrogens with two attached hydrogens (primary N) is 1. The van der Waals surface area contributed by atoms with Crippen LogP contribution in [-0.4, -0.2) is 17.3 Å². The number of nitrogens with zero attached hydrogens (tertiary/aromatic N) is 2. The summed E-state index contributed by atoms with van der Waals surface area (Å²) in [5.74, 6) is 1.57. The number of ether oxygens (including phenoxy) is 1. The molecule has 0 fully saturated rings. The molecule has 5 heteroatoms. The molecule has 0 saturated carbocycles. The van der Waals surface area contributed by atoms with Gasteiger partial charge in [-0.05, 0) is 31.2 Å². The third-order valence-corrected chi connectivity index (χ3v) is 3.21. The number of hydrogen-bond acceptors (Lipinski definition) is 5. The van der Waals surface area contributed by atoms with Gasteiger partial charge >= 0.3 is 0 Å². The first-order valence-corrected chi connectivity index (χ1v) is 6.52. The van der Waals surface area contributed by atoms with Gasteiger partial charge in [0.25, 0.3) is 5.89 Å². The van der Waals surface area contributed by atoms with Crippen molar-refractivity contribution in [2.45, 2.75) is 6.92 Å². The lowest BCUT2D eigenvalue weighted by atomic mass is 10.1. The summed E-state index contributed by atoms with van der Waals surface area (Å²) in [4.78, 5) is 4.42. The number of anilines is 1. The minimum absolute atomic E-state index is 0.411. The van der Waals surface area contributed by atoms with Crippen LogP contribution in [0.15, 0.2) is 47.0 Å². The molecule has 1 heterocycles. The summed E-state index contributed by atoms with van der Waals surface area (Å²) in [5, 5.41) is 4.01. The topological polar surface area (TPSA) is 74.2 Å². The molecule has 3 aromatic rings. The lowest BCUT2D eigenvalue weighted by molar-refractivity contribution is 0.405. The van der Waals surface area contributed by atoms with Crippen molar-refractivity contribution in [1.29, 1.82) is 0 Å². The average molecular weight is 281 g/mol. The largest absolute Gasteiger partial charge is 0.496 e. The van der Waals surface area contributed by atoms with Crippen LogP contribution in [0.2, 0.25) is 0 Å². The van der Waals surface area contributed by atoms with Crippen molar-refractivity contribution in [2.75, 3.05) is 12.8 Å². The highest BCUT2D eigenvalue weighted by Gasteiger charge is 2.16. The average Bonchev–Trinajstić information content (AvgIpc) is 2.97. The number of aryl methyl sites for hydroxylation is 1. The van der Waals surface area contributed by atoms with Gasteiger partial charge in [0.15, 0.2) is 0 Å². The zero-order valence-corrected chi connectivity index (χ0v) is 11.8. The predicted octanol–water partition coefficient (Wildman–Crippen LogP) is 3.30. The molecular formula is C16H15N3O2. The van der Waals surface area contributed by atoms with Crippen LogP contribution < -0.4 is 10.5 Å². The quantitative estimate of drug-likeness (QED) is 0.745. The third-order valence-electron chi connectivity index (χ3n) is 3.21. The zero-order valence-electron chi connectivity index (χ0n) is 11.8. The maximum Gasteiger partial charge on any atom is 0.262 e. The number of rotatable bonds is 3. The molecule has 0 amide bonds. The number of aromatic nitrogens is 2. The van der Waals surface area contributed by atoms with Crippen LogP contribution in [0.4, 0.5) is 5.69 Å². The van der Waals surface area contributed by atoms with Crippen molar-refractivity contribution in [2.24, 2.45) is 0 Å². The summed E-state index contributed by atoms with van der Waals surface area (Å²) in [6.07, 6.45) is 0. The molecule has 1 aromatic heterocycles. The van der Waals surface area contributed by atoms with Crippen LogP contribution in [0.3, 0.4) is 0 Å². The number of nitrogen functional groups attached to an aromatic ring is 1.